The predicted octanol–water partition coefficient (Wildman–Crippen LogP) is -0.419. The molecule has 0 spiro atoms. The van der Waals surface area contributed by atoms with Crippen molar-refractivity contribution in [2.24, 2.45) is 5.84 Å². The van der Waals surface area contributed by atoms with Gasteiger partial charge in [0.25, 0.3) is 5.91 Å². The minimum atomic E-state index is -0.800. The lowest BCUT2D eigenvalue weighted by Gasteiger charge is -2.17. The Morgan fingerprint density at radius 2 is 2.18 bits per heavy atom. The fourth-order valence-electron chi connectivity index (χ4n) is 0.947. The Labute approximate surface area is 64.5 Å². The lowest BCUT2D eigenvalue weighted by molar-refractivity contribution is -0.131. The summed E-state index contributed by atoms with van der Waals surface area (Å²) >= 11 is 0. The fourth-order valence-corrected chi connectivity index (χ4v) is 0.947. The number of rotatable bonds is 1. The average Bonchev–Trinajstić information content (AvgIpc) is 2.17. The molecule has 1 rings (SSSR count). The van der Waals surface area contributed by atoms with E-state index in [0.717, 1.165) is 0 Å². The van der Waals surface area contributed by atoms with E-state index in [0.29, 0.717) is 11.4 Å². The van der Waals surface area contributed by atoms with E-state index < -0.39 is 11.6 Å². The van der Waals surface area contributed by atoms with Crippen molar-refractivity contribution in [2.45, 2.75) is 25.8 Å². The van der Waals surface area contributed by atoms with E-state index in [1.807, 2.05) is 6.92 Å². The van der Waals surface area contributed by atoms with Gasteiger partial charge in [-0.2, -0.15) is 5.01 Å². The van der Waals surface area contributed by atoms with Gasteiger partial charge in [0, 0.05) is 0 Å². The molecule has 1 heterocycles. The molecule has 1 atom stereocenters. The van der Waals surface area contributed by atoms with Gasteiger partial charge < -0.3 is 5.32 Å². The molecule has 5 heteroatoms. The van der Waals surface area contributed by atoms with Gasteiger partial charge in [-0.25, -0.2) is 10.6 Å². The molecule has 0 aromatic heterocycles. The van der Waals surface area contributed by atoms with Crippen molar-refractivity contribution < 1.29 is 9.59 Å². The molecular formula is C6H11N3O2. The number of nitrogens with zero attached hydrogens (tertiary/aromatic N) is 1. The van der Waals surface area contributed by atoms with Gasteiger partial charge in [0.15, 0.2) is 0 Å². The van der Waals surface area contributed by atoms with E-state index in [-0.39, 0.29) is 5.91 Å². The first-order valence-electron chi connectivity index (χ1n) is 3.42. The Balaban J connectivity index is 2.91. The summed E-state index contributed by atoms with van der Waals surface area (Å²) in [6.45, 7) is 3.47. The minimum Gasteiger partial charge on any atom is -0.322 e. The third-order valence-electron chi connectivity index (χ3n) is 2.00. The molecule has 1 unspecified atom stereocenters. The van der Waals surface area contributed by atoms with Crippen molar-refractivity contribution in [1.82, 2.24) is 10.3 Å². The van der Waals surface area contributed by atoms with Crippen molar-refractivity contribution in [3.05, 3.63) is 0 Å². The summed E-state index contributed by atoms with van der Waals surface area (Å²) in [7, 11) is 0. The highest BCUT2D eigenvalue weighted by atomic mass is 16.2. The molecule has 5 nitrogen and oxygen atoms in total. The number of imide groups is 1. The van der Waals surface area contributed by atoms with E-state index in [1.54, 1.807) is 6.92 Å². The van der Waals surface area contributed by atoms with Crippen LogP contribution in [-0.4, -0.2) is 22.5 Å². The Bertz CT molecular complexity index is 216. The maximum atomic E-state index is 11.2. The van der Waals surface area contributed by atoms with E-state index in [1.165, 1.54) is 0 Å². The lowest BCUT2D eigenvalue weighted by atomic mass is 10.00. The zero-order valence-electron chi connectivity index (χ0n) is 6.55. The van der Waals surface area contributed by atoms with E-state index >= 15 is 0 Å². The van der Waals surface area contributed by atoms with E-state index in [4.69, 9.17) is 5.84 Å². The number of amides is 3. The third-order valence-corrected chi connectivity index (χ3v) is 2.00. The van der Waals surface area contributed by atoms with Crippen LogP contribution in [0.25, 0.3) is 0 Å². The lowest BCUT2D eigenvalue weighted by Crippen LogP contribution is -2.44. The van der Waals surface area contributed by atoms with Crippen molar-refractivity contribution in [3.8, 4) is 0 Å². The topological polar surface area (TPSA) is 75.4 Å². The maximum Gasteiger partial charge on any atom is 0.339 e. The van der Waals surface area contributed by atoms with Gasteiger partial charge >= 0.3 is 6.03 Å². The van der Waals surface area contributed by atoms with Gasteiger partial charge in [0.05, 0.1) is 0 Å². The van der Waals surface area contributed by atoms with Crippen LogP contribution < -0.4 is 11.2 Å². The zero-order valence-corrected chi connectivity index (χ0v) is 6.55. The molecule has 0 saturated carbocycles. The Morgan fingerprint density at radius 3 is 2.36 bits per heavy atom. The number of hydrazine groups is 1. The largest absolute Gasteiger partial charge is 0.339 e. The second-order valence-electron chi connectivity index (χ2n) is 2.79. The molecule has 1 saturated heterocycles. The first-order chi connectivity index (χ1) is 5.01. The van der Waals surface area contributed by atoms with E-state index in [2.05, 4.69) is 5.32 Å². The van der Waals surface area contributed by atoms with Gasteiger partial charge in [-0.05, 0) is 13.3 Å². The summed E-state index contributed by atoms with van der Waals surface area (Å²) in [5.41, 5.74) is -0.800. The van der Waals surface area contributed by atoms with Crippen LogP contribution in [0.1, 0.15) is 20.3 Å². The molecule has 0 aliphatic carbocycles. The molecule has 0 bridgehead atoms. The van der Waals surface area contributed by atoms with Crippen molar-refractivity contribution >= 4 is 11.9 Å². The number of carbonyl (C=O) groups is 2. The summed E-state index contributed by atoms with van der Waals surface area (Å²) in [6, 6.07) is -0.528. The number of urea groups is 1. The van der Waals surface area contributed by atoms with Crippen LogP contribution in [0.3, 0.4) is 0 Å². The van der Waals surface area contributed by atoms with Crippen LogP contribution in [0.4, 0.5) is 4.79 Å². The first-order valence-corrected chi connectivity index (χ1v) is 3.42. The monoisotopic (exact) mass is 157 g/mol. The number of carbonyl (C=O) groups excluding carboxylic acids is 2. The highest BCUT2D eigenvalue weighted by molar-refractivity contribution is 6.06. The first kappa shape index (κ1) is 8.00. The normalized spacial score (nSPS) is 31.0. The van der Waals surface area contributed by atoms with Crippen molar-refractivity contribution in [1.29, 1.82) is 0 Å². The van der Waals surface area contributed by atoms with Crippen LogP contribution in [0.2, 0.25) is 0 Å². The SMILES string of the molecule is CCC1(C)NC(=O)N(N)C1=O. The highest BCUT2D eigenvalue weighted by Crippen LogP contribution is 2.17. The van der Waals surface area contributed by atoms with Crippen LogP contribution in [0.15, 0.2) is 0 Å². The predicted molar refractivity (Wildman–Crippen MR) is 38.3 cm³/mol. The third kappa shape index (κ3) is 0.970. The summed E-state index contributed by atoms with van der Waals surface area (Å²) in [6.07, 6.45) is 0.547. The standard InChI is InChI=1S/C6H11N3O2/c1-3-6(2)4(10)9(7)5(11)8-6/h3,7H2,1-2H3,(H,8,11). The maximum absolute atomic E-state index is 11.2. The van der Waals surface area contributed by atoms with Crippen LogP contribution in [0.5, 0.6) is 0 Å². The van der Waals surface area contributed by atoms with Gasteiger partial charge in [-0.3, -0.25) is 4.79 Å². The molecule has 0 radical (unpaired) electrons. The van der Waals surface area contributed by atoms with Gasteiger partial charge in [0.2, 0.25) is 0 Å². The second kappa shape index (κ2) is 2.20. The molecule has 1 aliphatic rings. The summed E-state index contributed by atoms with van der Waals surface area (Å²) in [5.74, 6) is 4.77. The molecule has 0 aromatic carbocycles. The van der Waals surface area contributed by atoms with Gasteiger partial charge in [-0.1, -0.05) is 6.92 Å². The molecule has 0 aromatic rings. The summed E-state index contributed by atoms with van der Waals surface area (Å²) in [5, 5.41) is 3.11. The zero-order chi connectivity index (χ0) is 8.65. The number of nitrogens with one attached hydrogen (secondary N) is 1. The molecule has 1 aliphatic heterocycles. The number of hydrogen-bond acceptors (Lipinski definition) is 3. The molecule has 3 amide bonds. The van der Waals surface area contributed by atoms with Crippen LogP contribution in [0, 0.1) is 0 Å². The molecule has 3 N–H and O–H groups in total. The van der Waals surface area contributed by atoms with Gasteiger partial charge in [-0.15, -0.1) is 0 Å². The number of hydrogen-bond donors (Lipinski definition) is 2. The smallest absolute Gasteiger partial charge is 0.322 e. The molecule has 1 fully saturated rings. The fraction of sp³-hybridized carbons (Fsp3) is 0.667. The highest BCUT2D eigenvalue weighted by Gasteiger charge is 2.45. The van der Waals surface area contributed by atoms with E-state index in [9.17, 15) is 9.59 Å². The summed E-state index contributed by atoms with van der Waals surface area (Å²) < 4.78 is 0. The average molecular weight is 157 g/mol. The molecule has 11 heavy (non-hydrogen) atoms. The second-order valence-corrected chi connectivity index (χ2v) is 2.79. The van der Waals surface area contributed by atoms with Crippen molar-refractivity contribution in [2.75, 3.05) is 0 Å². The Morgan fingerprint density at radius 1 is 1.64 bits per heavy atom. The quantitative estimate of drug-likeness (QED) is 0.308. The van der Waals surface area contributed by atoms with Gasteiger partial charge in [0.1, 0.15) is 5.54 Å². The molecular weight excluding hydrogens is 146 g/mol. The Kier molecular flexibility index (Phi) is 1.60. The molecule has 62 valence electrons. The Hall–Kier alpha value is -1.10. The van der Waals surface area contributed by atoms with Crippen LogP contribution in [-0.2, 0) is 4.79 Å². The number of nitrogens with two attached hydrogens (primary N) is 1. The summed E-state index contributed by atoms with van der Waals surface area (Å²) in [4.78, 5) is 22.0. The van der Waals surface area contributed by atoms with Crippen molar-refractivity contribution in [3.63, 3.8) is 0 Å². The minimum absolute atomic E-state index is 0.370. The van der Waals surface area contributed by atoms with Crippen LogP contribution >= 0.6 is 0 Å².